The van der Waals surface area contributed by atoms with E-state index in [2.05, 4.69) is 0 Å². The van der Waals surface area contributed by atoms with Gasteiger partial charge in [-0.2, -0.15) is 0 Å². The van der Waals surface area contributed by atoms with Gasteiger partial charge in [0, 0.05) is 6.92 Å². The minimum atomic E-state index is -0.833. The van der Waals surface area contributed by atoms with E-state index >= 15 is 0 Å². The Bertz CT molecular complexity index is 28.5. The number of hydrogen-bond acceptors (Lipinski definition) is 1. The van der Waals surface area contributed by atoms with Crippen LogP contribution in [0.2, 0.25) is 0 Å². The SMILES string of the molecule is CC.CC(=O)O. The summed E-state index contributed by atoms with van der Waals surface area (Å²) in [6, 6.07) is 0. The van der Waals surface area contributed by atoms with Crippen LogP contribution < -0.4 is 0 Å². The summed E-state index contributed by atoms with van der Waals surface area (Å²) in [6.07, 6.45) is 0. The molecule has 0 bridgehead atoms. The first-order valence-electron chi connectivity index (χ1n) is 1.93. The molecule has 6 heavy (non-hydrogen) atoms. The first kappa shape index (κ1) is 9.08. The zero-order valence-electron chi connectivity index (χ0n) is 4.36. The van der Waals surface area contributed by atoms with Crippen molar-refractivity contribution in [2.45, 2.75) is 20.8 Å². The van der Waals surface area contributed by atoms with Crippen LogP contribution in [0.4, 0.5) is 0 Å². The lowest BCUT2D eigenvalue weighted by Gasteiger charge is -1.59. The van der Waals surface area contributed by atoms with E-state index in [1.165, 1.54) is 0 Å². The topological polar surface area (TPSA) is 37.3 Å². The van der Waals surface area contributed by atoms with Crippen LogP contribution in [-0.2, 0) is 4.79 Å². The van der Waals surface area contributed by atoms with Crippen LogP contribution in [0.3, 0.4) is 0 Å². The second kappa shape index (κ2) is 8.82. The average Bonchev–Trinajstić information content (AvgIpc) is 1.41. The molecule has 0 radical (unpaired) electrons. The third kappa shape index (κ3) is 75.4. The van der Waals surface area contributed by atoms with Crippen molar-refractivity contribution in [2.75, 3.05) is 0 Å². The Hall–Kier alpha value is -0.530. The lowest BCUT2D eigenvalue weighted by atomic mass is 10.9. The van der Waals surface area contributed by atoms with E-state index in [1.807, 2.05) is 13.8 Å². The van der Waals surface area contributed by atoms with Gasteiger partial charge in [0.2, 0.25) is 0 Å². The third-order valence-electron chi connectivity index (χ3n) is 0. The highest BCUT2D eigenvalue weighted by Gasteiger charge is 1.65. The Morgan fingerprint density at radius 2 is 1.50 bits per heavy atom. The summed E-state index contributed by atoms with van der Waals surface area (Å²) in [5, 5.41) is 7.42. The standard InChI is InChI=1S/C2H4O2.C2H6/c1-2(3)4;1-2/h1H3,(H,3,4);1-2H3. The molecular weight excluding hydrogens is 80.0 g/mol. The lowest BCUT2D eigenvalue weighted by molar-refractivity contribution is -0.134. The van der Waals surface area contributed by atoms with Crippen LogP contribution in [-0.4, -0.2) is 11.1 Å². The van der Waals surface area contributed by atoms with E-state index in [9.17, 15) is 0 Å². The van der Waals surface area contributed by atoms with Gasteiger partial charge in [-0.25, -0.2) is 0 Å². The van der Waals surface area contributed by atoms with Crippen molar-refractivity contribution in [3.63, 3.8) is 0 Å². The lowest BCUT2D eigenvalue weighted by Crippen LogP contribution is -1.78. The normalized spacial score (nSPS) is 5.17. The maximum Gasteiger partial charge on any atom is 0.300 e. The highest BCUT2D eigenvalue weighted by Crippen LogP contribution is 1.42. The Balaban J connectivity index is 0. The summed E-state index contributed by atoms with van der Waals surface area (Å²) >= 11 is 0. The van der Waals surface area contributed by atoms with E-state index in [0.717, 1.165) is 6.92 Å². The van der Waals surface area contributed by atoms with Gasteiger partial charge in [0.1, 0.15) is 0 Å². The van der Waals surface area contributed by atoms with Crippen molar-refractivity contribution in [3.05, 3.63) is 0 Å². The molecule has 1 N–H and O–H groups in total. The highest BCUT2D eigenvalue weighted by molar-refractivity contribution is 5.62. The zero-order chi connectivity index (χ0) is 5.58. The average molecular weight is 90.1 g/mol. The molecule has 0 unspecified atom stereocenters. The smallest absolute Gasteiger partial charge is 0.300 e. The van der Waals surface area contributed by atoms with Crippen molar-refractivity contribution < 1.29 is 9.90 Å². The Morgan fingerprint density at radius 3 is 1.50 bits per heavy atom. The van der Waals surface area contributed by atoms with Gasteiger partial charge in [0.05, 0.1) is 0 Å². The maximum atomic E-state index is 9.00. The van der Waals surface area contributed by atoms with Gasteiger partial charge in [-0.15, -0.1) is 0 Å². The maximum absolute atomic E-state index is 9.00. The van der Waals surface area contributed by atoms with E-state index in [-0.39, 0.29) is 0 Å². The molecule has 0 rings (SSSR count). The largest absolute Gasteiger partial charge is 0.481 e. The number of hydrogen-bond donors (Lipinski definition) is 1. The molecule has 0 atom stereocenters. The highest BCUT2D eigenvalue weighted by atomic mass is 16.4. The van der Waals surface area contributed by atoms with Crippen molar-refractivity contribution in [1.82, 2.24) is 0 Å². The minimum Gasteiger partial charge on any atom is -0.481 e. The molecule has 0 aliphatic heterocycles. The van der Waals surface area contributed by atoms with Crippen LogP contribution >= 0.6 is 0 Å². The number of carboxylic acid groups (broad SMARTS) is 1. The van der Waals surface area contributed by atoms with Gasteiger partial charge in [-0.3, -0.25) is 4.79 Å². The molecule has 2 heteroatoms. The van der Waals surface area contributed by atoms with E-state index in [0.29, 0.717) is 0 Å². The van der Waals surface area contributed by atoms with Gasteiger partial charge in [0.15, 0.2) is 0 Å². The van der Waals surface area contributed by atoms with E-state index in [1.54, 1.807) is 0 Å². The molecule has 0 aliphatic carbocycles. The van der Waals surface area contributed by atoms with Crippen LogP contribution in [0.5, 0.6) is 0 Å². The fourth-order valence-electron chi connectivity index (χ4n) is 0. The predicted molar refractivity (Wildman–Crippen MR) is 24.7 cm³/mol. The van der Waals surface area contributed by atoms with Crippen LogP contribution in [0.1, 0.15) is 20.8 Å². The minimum absolute atomic E-state index is 0.833. The second-order valence-corrected chi connectivity index (χ2v) is 0.519. The van der Waals surface area contributed by atoms with Crippen molar-refractivity contribution in [3.8, 4) is 0 Å². The molecule has 0 fully saturated rings. The number of rotatable bonds is 0. The molecule has 0 saturated carbocycles. The summed E-state index contributed by atoms with van der Waals surface area (Å²) in [4.78, 5) is 9.00. The predicted octanol–water partition coefficient (Wildman–Crippen LogP) is 1.12. The first-order valence-corrected chi connectivity index (χ1v) is 1.93. The molecule has 0 aromatic heterocycles. The van der Waals surface area contributed by atoms with Crippen molar-refractivity contribution in [2.24, 2.45) is 0 Å². The molecule has 2 nitrogen and oxygen atoms in total. The molecule has 0 saturated heterocycles. The van der Waals surface area contributed by atoms with Crippen molar-refractivity contribution >= 4 is 5.97 Å². The Morgan fingerprint density at radius 1 is 1.50 bits per heavy atom. The quantitative estimate of drug-likeness (QED) is 0.484. The monoisotopic (exact) mass is 90.1 g/mol. The molecule has 0 amide bonds. The molecule has 0 aromatic carbocycles. The Labute approximate surface area is 37.8 Å². The number of aliphatic carboxylic acids is 1. The van der Waals surface area contributed by atoms with Gasteiger partial charge >= 0.3 is 0 Å². The summed E-state index contributed by atoms with van der Waals surface area (Å²) in [7, 11) is 0. The van der Waals surface area contributed by atoms with E-state index < -0.39 is 5.97 Å². The molecular formula is C4H10O2. The van der Waals surface area contributed by atoms with Crippen molar-refractivity contribution in [1.29, 1.82) is 0 Å². The summed E-state index contributed by atoms with van der Waals surface area (Å²) < 4.78 is 0. The summed E-state index contributed by atoms with van der Waals surface area (Å²) in [5.41, 5.74) is 0. The van der Waals surface area contributed by atoms with E-state index in [4.69, 9.17) is 9.90 Å². The summed E-state index contributed by atoms with van der Waals surface area (Å²) in [5.74, 6) is -0.833. The number of carboxylic acids is 1. The van der Waals surface area contributed by atoms with Gasteiger partial charge in [0.25, 0.3) is 5.97 Å². The molecule has 0 spiro atoms. The first-order chi connectivity index (χ1) is 2.73. The zero-order valence-corrected chi connectivity index (χ0v) is 4.36. The van der Waals surface area contributed by atoms with Gasteiger partial charge < -0.3 is 5.11 Å². The molecule has 0 heterocycles. The van der Waals surface area contributed by atoms with Gasteiger partial charge in [-0.05, 0) is 0 Å². The third-order valence-corrected chi connectivity index (χ3v) is 0. The number of carbonyl (C=O) groups is 1. The fraction of sp³-hybridized carbons (Fsp3) is 0.750. The molecule has 0 aromatic rings. The summed E-state index contributed by atoms with van der Waals surface area (Å²) in [6.45, 7) is 5.08. The Kier molecular flexibility index (Phi) is 13.3. The second-order valence-electron chi connectivity index (χ2n) is 0.519. The molecule has 0 aliphatic rings. The molecule has 38 valence electrons. The van der Waals surface area contributed by atoms with Gasteiger partial charge in [-0.1, -0.05) is 13.8 Å². The van der Waals surface area contributed by atoms with Crippen LogP contribution in [0.25, 0.3) is 0 Å². The fourth-order valence-corrected chi connectivity index (χ4v) is 0. The van der Waals surface area contributed by atoms with Crippen LogP contribution in [0.15, 0.2) is 0 Å². The van der Waals surface area contributed by atoms with Crippen LogP contribution in [0, 0.1) is 0 Å².